The van der Waals surface area contributed by atoms with Gasteiger partial charge in [0.05, 0.1) is 33.4 Å². The summed E-state index contributed by atoms with van der Waals surface area (Å²) in [7, 11) is 0. The number of fused-ring (bicyclic) bond motifs is 7. The van der Waals surface area contributed by atoms with Gasteiger partial charge in [-0.25, -0.2) is 0 Å². The van der Waals surface area contributed by atoms with Crippen LogP contribution in [-0.2, 0) is 0 Å². The van der Waals surface area contributed by atoms with Crippen molar-refractivity contribution in [2.45, 2.75) is 0 Å². The smallest absolute Gasteiger partial charge is 0.0782 e. The highest BCUT2D eigenvalue weighted by Crippen LogP contribution is 2.47. The SMILES string of the molecule is c1ccc(N(c2cccc3ccccc23)c2cc(-c3ccc4c(c3)c3ccccc3n4-c3ccccc3)cc3c4ccccc4n(-c4ccccc4)c23)cc1. The zero-order chi connectivity index (χ0) is 36.3. The summed E-state index contributed by atoms with van der Waals surface area (Å²) < 4.78 is 4.83. The van der Waals surface area contributed by atoms with E-state index in [0.29, 0.717) is 0 Å². The van der Waals surface area contributed by atoms with Gasteiger partial charge in [-0.05, 0) is 95.4 Å². The lowest BCUT2D eigenvalue weighted by molar-refractivity contribution is 1.17. The molecule has 0 radical (unpaired) electrons. The highest BCUT2D eigenvalue weighted by Gasteiger charge is 2.24. The molecule has 3 nitrogen and oxygen atoms in total. The van der Waals surface area contributed by atoms with E-state index in [0.717, 1.165) is 39.5 Å². The molecule has 0 spiro atoms. The maximum absolute atomic E-state index is 2.46. The van der Waals surface area contributed by atoms with Gasteiger partial charge in [-0.3, -0.25) is 0 Å². The van der Waals surface area contributed by atoms with Gasteiger partial charge in [0.15, 0.2) is 0 Å². The van der Waals surface area contributed by atoms with Gasteiger partial charge in [0.25, 0.3) is 0 Å². The molecule has 55 heavy (non-hydrogen) atoms. The van der Waals surface area contributed by atoms with Gasteiger partial charge < -0.3 is 14.0 Å². The van der Waals surface area contributed by atoms with Crippen LogP contribution in [0.2, 0.25) is 0 Å². The Balaban J connectivity index is 1.26. The zero-order valence-electron chi connectivity index (χ0n) is 30.0. The van der Waals surface area contributed by atoms with Crippen molar-refractivity contribution in [3.8, 4) is 22.5 Å². The Kier molecular flexibility index (Phi) is 7.17. The first kappa shape index (κ1) is 31.2. The minimum Gasteiger partial charge on any atom is -0.309 e. The summed E-state index contributed by atoms with van der Waals surface area (Å²) in [6.07, 6.45) is 0. The number of hydrogen-bond acceptors (Lipinski definition) is 1. The number of nitrogens with zero attached hydrogens (tertiary/aromatic N) is 3. The Morgan fingerprint density at radius 1 is 0.309 bits per heavy atom. The molecule has 258 valence electrons. The molecule has 0 aliphatic rings. The minimum atomic E-state index is 1.10. The second-order valence-electron chi connectivity index (χ2n) is 14.2. The summed E-state index contributed by atoms with van der Waals surface area (Å²) in [5, 5.41) is 7.31. The van der Waals surface area contributed by atoms with E-state index >= 15 is 0 Å². The van der Waals surface area contributed by atoms with Crippen LogP contribution in [0.4, 0.5) is 17.1 Å². The summed E-state index contributed by atoms with van der Waals surface area (Å²) in [6.45, 7) is 0. The van der Waals surface area contributed by atoms with Gasteiger partial charge in [-0.1, -0.05) is 133 Å². The monoisotopic (exact) mass is 701 g/mol. The lowest BCUT2D eigenvalue weighted by Gasteiger charge is -2.29. The number of benzene rings is 9. The average Bonchev–Trinajstić information content (AvgIpc) is 3.78. The summed E-state index contributed by atoms with van der Waals surface area (Å²) in [5.74, 6) is 0. The minimum absolute atomic E-state index is 1.10. The van der Waals surface area contributed by atoms with Crippen LogP contribution >= 0.6 is 0 Å². The first-order valence-corrected chi connectivity index (χ1v) is 18.9. The summed E-state index contributed by atoms with van der Waals surface area (Å²) in [5.41, 5.74) is 12.7. The van der Waals surface area contributed by atoms with Gasteiger partial charge in [-0.2, -0.15) is 0 Å². The van der Waals surface area contributed by atoms with E-state index in [1.165, 1.54) is 54.4 Å². The predicted octanol–water partition coefficient (Wildman–Crippen LogP) is 14.2. The Morgan fingerprint density at radius 2 is 0.836 bits per heavy atom. The Morgan fingerprint density at radius 3 is 1.56 bits per heavy atom. The molecule has 0 bridgehead atoms. The van der Waals surface area contributed by atoms with Crippen LogP contribution in [0, 0.1) is 0 Å². The van der Waals surface area contributed by atoms with Crippen molar-refractivity contribution in [3.63, 3.8) is 0 Å². The fraction of sp³-hybridized carbons (Fsp3) is 0. The van der Waals surface area contributed by atoms with Crippen LogP contribution in [0.25, 0.3) is 76.9 Å². The molecule has 0 saturated heterocycles. The van der Waals surface area contributed by atoms with E-state index in [1.807, 2.05) is 0 Å². The van der Waals surface area contributed by atoms with Crippen LogP contribution in [0.1, 0.15) is 0 Å². The molecule has 11 rings (SSSR count). The van der Waals surface area contributed by atoms with Crippen molar-refractivity contribution < 1.29 is 0 Å². The quantitative estimate of drug-likeness (QED) is 0.168. The Hall–Kier alpha value is -7.36. The summed E-state index contributed by atoms with van der Waals surface area (Å²) in [4.78, 5) is 2.46. The number of anilines is 3. The molecule has 0 aliphatic heterocycles. The molecule has 0 N–H and O–H groups in total. The maximum Gasteiger partial charge on any atom is 0.0782 e. The Bertz CT molecular complexity index is 3190. The molecule has 0 aliphatic carbocycles. The normalized spacial score (nSPS) is 11.6. The van der Waals surface area contributed by atoms with Crippen LogP contribution < -0.4 is 4.90 Å². The van der Waals surface area contributed by atoms with Gasteiger partial charge >= 0.3 is 0 Å². The average molecular weight is 702 g/mol. The van der Waals surface area contributed by atoms with Crippen molar-refractivity contribution in [1.82, 2.24) is 9.13 Å². The number of aromatic nitrogens is 2. The largest absolute Gasteiger partial charge is 0.309 e. The molecule has 0 saturated carbocycles. The van der Waals surface area contributed by atoms with E-state index < -0.39 is 0 Å². The third-order valence-electron chi connectivity index (χ3n) is 11.0. The molecule has 9 aromatic carbocycles. The lowest BCUT2D eigenvalue weighted by Crippen LogP contribution is -2.12. The molecule has 0 atom stereocenters. The van der Waals surface area contributed by atoms with Gasteiger partial charge in [0.1, 0.15) is 0 Å². The van der Waals surface area contributed by atoms with Crippen LogP contribution in [0.15, 0.2) is 212 Å². The molecule has 11 aromatic rings. The number of hydrogen-bond donors (Lipinski definition) is 0. The van der Waals surface area contributed by atoms with Gasteiger partial charge in [0, 0.05) is 44.0 Å². The zero-order valence-corrected chi connectivity index (χ0v) is 30.0. The second-order valence-corrected chi connectivity index (χ2v) is 14.2. The van der Waals surface area contributed by atoms with Gasteiger partial charge in [0.2, 0.25) is 0 Å². The topological polar surface area (TPSA) is 13.1 Å². The van der Waals surface area contributed by atoms with Gasteiger partial charge in [-0.15, -0.1) is 0 Å². The standard InChI is InChI=1S/C52H35N3/c1-4-19-39(20-5-1)53-48-28-14-12-26-43(48)45-33-37(31-32-50(45)53)38-34-46-44-27-13-15-29-49(44)55(41-23-8-3-9-24-41)52(46)51(35-38)54(40-21-6-2-7-22-40)47-30-16-18-36-17-10-11-25-42(36)47/h1-35H. The van der Waals surface area contributed by atoms with E-state index in [4.69, 9.17) is 0 Å². The third kappa shape index (κ3) is 4.98. The third-order valence-corrected chi connectivity index (χ3v) is 11.0. The fourth-order valence-corrected chi connectivity index (χ4v) is 8.65. The molecule has 0 unspecified atom stereocenters. The van der Waals surface area contributed by atoms with E-state index in [2.05, 4.69) is 226 Å². The number of para-hydroxylation sites is 5. The molecule has 3 heteroatoms. The van der Waals surface area contributed by atoms with Crippen molar-refractivity contribution in [2.24, 2.45) is 0 Å². The number of rotatable bonds is 6. The van der Waals surface area contributed by atoms with Crippen molar-refractivity contribution in [1.29, 1.82) is 0 Å². The van der Waals surface area contributed by atoms with Crippen molar-refractivity contribution in [2.75, 3.05) is 4.90 Å². The molecule has 2 aromatic heterocycles. The van der Waals surface area contributed by atoms with Crippen molar-refractivity contribution in [3.05, 3.63) is 212 Å². The molecule has 0 fully saturated rings. The highest BCUT2D eigenvalue weighted by molar-refractivity contribution is 6.17. The van der Waals surface area contributed by atoms with Crippen LogP contribution in [0.3, 0.4) is 0 Å². The fourth-order valence-electron chi connectivity index (χ4n) is 8.65. The van der Waals surface area contributed by atoms with Crippen LogP contribution in [0.5, 0.6) is 0 Å². The highest BCUT2D eigenvalue weighted by atomic mass is 15.2. The molecule has 2 heterocycles. The van der Waals surface area contributed by atoms with E-state index in [1.54, 1.807) is 0 Å². The van der Waals surface area contributed by atoms with E-state index in [-0.39, 0.29) is 0 Å². The van der Waals surface area contributed by atoms with Crippen molar-refractivity contribution >= 4 is 71.4 Å². The van der Waals surface area contributed by atoms with Crippen LogP contribution in [-0.4, -0.2) is 9.13 Å². The van der Waals surface area contributed by atoms with E-state index in [9.17, 15) is 0 Å². The molecular weight excluding hydrogens is 667 g/mol. The first-order chi connectivity index (χ1) is 27.3. The molecule has 0 amide bonds. The first-order valence-electron chi connectivity index (χ1n) is 18.9. The summed E-state index contributed by atoms with van der Waals surface area (Å²) >= 11 is 0. The summed E-state index contributed by atoms with van der Waals surface area (Å²) in [6, 6.07) is 77.0. The maximum atomic E-state index is 2.46. The Labute approximate surface area is 319 Å². The lowest BCUT2D eigenvalue weighted by atomic mass is 9.98. The predicted molar refractivity (Wildman–Crippen MR) is 233 cm³/mol. The second kappa shape index (κ2) is 12.6. The molecular formula is C52H35N3.